The van der Waals surface area contributed by atoms with Gasteiger partial charge in [0.05, 0.1) is 5.75 Å². The number of carbonyl (C=O) groups is 1. The molecule has 5 nitrogen and oxygen atoms in total. The van der Waals surface area contributed by atoms with Gasteiger partial charge < -0.3 is 9.52 Å². The standard InChI is InChI=1S/C14H16N2O3S/c1-9-4-6-10(7-5-9)12-16-15-11(19-12)8-20-14(2,3)13(17)18/h4-7H,8H2,1-3H3,(H,17,18). The van der Waals surface area contributed by atoms with Crippen molar-refractivity contribution < 1.29 is 14.3 Å². The molecule has 2 rings (SSSR count). The minimum atomic E-state index is -0.876. The molecule has 106 valence electrons. The van der Waals surface area contributed by atoms with Crippen LogP contribution in [-0.4, -0.2) is 26.0 Å². The number of rotatable bonds is 5. The Labute approximate surface area is 121 Å². The van der Waals surface area contributed by atoms with E-state index in [0.717, 1.165) is 11.1 Å². The maximum atomic E-state index is 11.0. The van der Waals surface area contributed by atoms with Crippen LogP contribution in [0, 0.1) is 6.92 Å². The molecule has 0 aliphatic rings. The fraction of sp³-hybridized carbons (Fsp3) is 0.357. The third-order valence-corrected chi connectivity index (χ3v) is 4.12. The second-order valence-electron chi connectivity index (χ2n) is 4.97. The number of hydrogen-bond acceptors (Lipinski definition) is 5. The van der Waals surface area contributed by atoms with Gasteiger partial charge in [-0.25, -0.2) is 0 Å². The predicted molar refractivity (Wildman–Crippen MR) is 77.5 cm³/mol. The first-order chi connectivity index (χ1) is 9.38. The van der Waals surface area contributed by atoms with E-state index in [0.29, 0.717) is 17.5 Å². The number of aromatic nitrogens is 2. The Balaban J connectivity index is 2.06. The van der Waals surface area contributed by atoms with Gasteiger partial charge in [-0.05, 0) is 32.9 Å². The van der Waals surface area contributed by atoms with Gasteiger partial charge in [0.1, 0.15) is 4.75 Å². The number of thioether (sulfide) groups is 1. The quantitative estimate of drug-likeness (QED) is 0.912. The molecule has 1 N–H and O–H groups in total. The summed E-state index contributed by atoms with van der Waals surface area (Å²) >= 11 is 1.26. The molecule has 6 heteroatoms. The van der Waals surface area contributed by atoms with E-state index in [1.807, 2.05) is 31.2 Å². The van der Waals surface area contributed by atoms with E-state index in [4.69, 9.17) is 9.52 Å². The first-order valence-corrected chi connectivity index (χ1v) is 7.14. The van der Waals surface area contributed by atoms with Gasteiger partial charge in [0.15, 0.2) is 0 Å². The fourth-order valence-electron chi connectivity index (χ4n) is 1.43. The zero-order valence-corrected chi connectivity index (χ0v) is 12.4. The average molecular weight is 292 g/mol. The molecular formula is C14H16N2O3S. The van der Waals surface area contributed by atoms with E-state index in [1.54, 1.807) is 13.8 Å². The molecule has 2 aromatic rings. The van der Waals surface area contributed by atoms with Gasteiger partial charge in [0, 0.05) is 5.56 Å². The Hall–Kier alpha value is -1.82. The van der Waals surface area contributed by atoms with Crippen LogP contribution in [0.15, 0.2) is 28.7 Å². The van der Waals surface area contributed by atoms with Gasteiger partial charge in [0.2, 0.25) is 11.8 Å². The Kier molecular flexibility index (Phi) is 4.13. The molecule has 1 aromatic heterocycles. The van der Waals surface area contributed by atoms with Crippen molar-refractivity contribution in [3.63, 3.8) is 0 Å². The lowest BCUT2D eigenvalue weighted by Crippen LogP contribution is -2.27. The molecule has 0 fully saturated rings. The van der Waals surface area contributed by atoms with Gasteiger partial charge in [-0.15, -0.1) is 22.0 Å². The Morgan fingerprint density at radius 3 is 2.55 bits per heavy atom. The van der Waals surface area contributed by atoms with Gasteiger partial charge in [-0.3, -0.25) is 4.79 Å². The molecule has 1 aromatic carbocycles. The summed E-state index contributed by atoms with van der Waals surface area (Å²) in [5.41, 5.74) is 2.02. The van der Waals surface area contributed by atoms with Crippen molar-refractivity contribution >= 4 is 17.7 Å². The minimum Gasteiger partial charge on any atom is -0.480 e. The zero-order valence-electron chi connectivity index (χ0n) is 11.6. The number of hydrogen-bond donors (Lipinski definition) is 1. The van der Waals surface area contributed by atoms with Crippen LogP contribution < -0.4 is 0 Å². The van der Waals surface area contributed by atoms with Crippen LogP contribution in [0.3, 0.4) is 0 Å². The number of carboxylic acids is 1. The van der Waals surface area contributed by atoms with Crippen molar-refractivity contribution in [3.05, 3.63) is 35.7 Å². The van der Waals surface area contributed by atoms with Crippen molar-refractivity contribution in [2.45, 2.75) is 31.3 Å². The molecule has 0 spiro atoms. The summed E-state index contributed by atoms with van der Waals surface area (Å²) in [7, 11) is 0. The molecular weight excluding hydrogens is 276 g/mol. The van der Waals surface area contributed by atoms with Crippen LogP contribution in [0.5, 0.6) is 0 Å². The van der Waals surface area contributed by atoms with E-state index in [2.05, 4.69) is 10.2 Å². The third-order valence-electron chi connectivity index (χ3n) is 2.84. The highest BCUT2D eigenvalue weighted by Crippen LogP contribution is 2.28. The van der Waals surface area contributed by atoms with Crippen molar-refractivity contribution in [2.24, 2.45) is 0 Å². The van der Waals surface area contributed by atoms with Crippen molar-refractivity contribution in [1.82, 2.24) is 10.2 Å². The molecule has 0 amide bonds. The summed E-state index contributed by atoms with van der Waals surface area (Å²) in [5.74, 6) is 0.396. The molecule has 0 aliphatic heterocycles. The molecule has 0 radical (unpaired) electrons. The molecule has 1 heterocycles. The van der Waals surface area contributed by atoms with Crippen LogP contribution in [0.2, 0.25) is 0 Å². The van der Waals surface area contributed by atoms with Crippen LogP contribution in [0.25, 0.3) is 11.5 Å². The molecule has 0 unspecified atom stereocenters. The van der Waals surface area contributed by atoms with Gasteiger partial charge >= 0.3 is 5.97 Å². The highest BCUT2D eigenvalue weighted by Gasteiger charge is 2.28. The van der Waals surface area contributed by atoms with E-state index in [9.17, 15) is 4.79 Å². The summed E-state index contributed by atoms with van der Waals surface area (Å²) in [6, 6.07) is 7.78. The zero-order chi connectivity index (χ0) is 14.8. The summed E-state index contributed by atoms with van der Waals surface area (Å²) in [6.45, 7) is 5.31. The lowest BCUT2D eigenvalue weighted by Gasteiger charge is -2.16. The summed E-state index contributed by atoms with van der Waals surface area (Å²) < 4.78 is 4.67. The lowest BCUT2D eigenvalue weighted by atomic mass is 10.1. The van der Waals surface area contributed by atoms with Crippen molar-refractivity contribution in [3.8, 4) is 11.5 Å². The predicted octanol–water partition coefficient (Wildman–Crippen LogP) is 3.14. The van der Waals surface area contributed by atoms with Crippen molar-refractivity contribution in [1.29, 1.82) is 0 Å². The van der Waals surface area contributed by atoms with Gasteiger partial charge in [0.25, 0.3) is 0 Å². The van der Waals surface area contributed by atoms with Crippen LogP contribution in [0.4, 0.5) is 0 Å². The van der Waals surface area contributed by atoms with E-state index < -0.39 is 10.7 Å². The molecule has 0 atom stereocenters. The smallest absolute Gasteiger partial charge is 0.319 e. The summed E-state index contributed by atoms with van der Waals surface area (Å²) in [5, 5.41) is 17.0. The highest BCUT2D eigenvalue weighted by atomic mass is 32.2. The molecule has 0 saturated carbocycles. The molecule has 0 bridgehead atoms. The maximum Gasteiger partial charge on any atom is 0.319 e. The number of carboxylic acid groups (broad SMARTS) is 1. The first kappa shape index (κ1) is 14.6. The Bertz CT molecular complexity index is 605. The topological polar surface area (TPSA) is 76.2 Å². The number of benzene rings is 1. The second-order valence-corrected chi connectivity index (χ2v) is 6.57. The summed E-state index contributed by atoms with van der Waals surface area (Å²) in [6.07, 6.45) is 0. The largest absolute Gasteiger partial charge is 0.480 e. The fourth-order valence-corrected chi connectivity index (χ4v) is 2.15. The van der Waals surface area contributed by atoms with Crippen LogP contribution in [0.1, 0.15) is 25.3 Å². The summed E-state index contributed by atoms with van der Waals surface area (Å²) in [4.78, 5) is 11.0. The van der Waals surface area contributed by atoms with E-state index >= 15 is 0 Å². The maximum absolute atomic E-state index is 11.0. The SMILES string of the molecule is Cc1ccc(-c2nnc(CSC(C)(C)C(=O)O)o2)cc1. The van der Waals surface area contributed by atoms with E-state index in [-0.39, 0.29) is 0 Å². The number of aliphatic carboxylic acids is 1. The lowest BCUT2D eigenvalue weighted by molar-refractivity contribution is -0.138. The molecule has 0 saturated heterocycles. The molecule has 0 aliphatic carbocycles. The number of nitrogens with zero attached hydrogens (tertiary/aromatic N) is 2. The van der Waals surface area contributed by atoms with Gasteiger partial charge in [-0.2, -0.15) is 0 Å². The first-order valence-electron chi connectivity index (χ1n) is 6.15. The average Bonchev–Trinajstić information content (AvgIpc) is 2.86. The normalized spacial score (nSPS) is 11.6. The second kappa shape index (κ2) is 5.66. The Morgan fingerprint density at radius 1 is 1.30 bits per heavy atom. The highest BCUT2D eigenvalue weighted by molar-refractivity contribution is 8.00. The van der Waals surface area contributed by atoms with Crippen LogP contribution >= 0.6 is 11.8 Å². The van der Waals surface area contributed by atoms with Crippen molar-refractivity contribution in [2.75, 3.05) is 0 Å². The minimum absolute atomic E-state index is 0.373. The monoisotopic (exact) mass is 292 g/mol. The Morgan fingerprint density at radius 2 is 1.95 bits per heavy atom. The van der Waals surface area contributed by atoms with E-state index in [1.165, 1.54) is 11.8 Å². The van der Waals surface area contributed by atoms with Crippen LogP contribution in [-0.2, 0) is 10.5 Å². The molecule has 20 heavy (non-hydrogen) atoms. The number of aryl methyl sites for hydroxylation is 1. The van der Waals surface area contributed by atoms with Gasteiger partial charge in [-0.1, -0.05) is 17.7 Å². The third kappa shape index (κ3) is 3.39.